The number of carbonyl (C=O) groups is 1. The maximum Gasteiger partial charge on any atom is 0.418 e. The van der Waals surface area contributed by atoms with Crippen LogP contribution in [-0.2, 0) is 6.18 Å². The molecule has 0 saturated carbocycles. The summed E-state index contributed by atoms with van der Waals surface area (Å²) >= 11 is 0. The smallest absolute Gasteiger partial charge is 0.334 e. The summed E-state index contributed by atoms with van der Waals surface area (Å²) in [6.07, 6.45) is -3.78. The molecule has 2 aromatic carbocycles. The van der Waals surface area contributed by atoms with Crippen molar-refractivity contribution in [2.75, 3.05) is 10.7 Å². The molecule has 9 nitrogen and oxygen atoms in total. The Morgan fingerprint density at radius 2 is 1.68 bits per heavy atom. The van der Waals surface area contributed by atoms with Gasteiger partial charge in [-0.05, 0) is 31.2 Å². The van der Waals surface area contributed by atoms with Crippen LogP contribution < -0.4 is 16.2 Å². The maximum absolute atomic E-state index is 13.2. The topological polar surface area (TPSA) is 122 Å². The van der Waals surface area contributed by atoms with Crippen molar-refractivity contribution in [3.8, 4) is 0 Å². The number of alkyl halides is 3. The number of aromatic nitrogens is 2. The average molecular weight is 432 g/mol. The van der Waals surface area contributed by atoms with Crippen molar-refractivity contribution in [2.24, 2.45) is 0 Å². The highest BCUT2D eigenvalue weighted by Gasteiger charge is 2.34. The van der Waals surface area contributed by atoms with Crippen LogP contribution in [0.3, 0.4) is 0 Å². The van der Waals surface area contributed by atoms with Crippen LogP contribution in [-0.4, -0.2) is 20.8 Å². The van der Waals surface area contributed by atoms with E-state index in [1.807, 2.05) is 6.92 Å². The summed E-state index contributed by atoms with van der Waals surface area (Å²) in [5, 5.41) is 13.9. The molecule has 0 spiro atoms. The monoisotopic (exact) mass is 432 g/mol. The van der Waals surface area contributed by atoms with Crippen LogP contribution in [0.2, 0.25) is 0 Å². The predicted molar refractivity (Wildman–Crippen MR) is 106 cm³/mol. The van der Waals surface area contributed by atoms with Gasteiger partial charge < -0.3 is 5.32 Å². The zero-order valence-electron chi connectivity index (χ0n) is 15.9. The molecule has 31 heavy (non-hydrogen) atoms. The standard InChI is InChI=1S/C19H15F3N6O3/c1-11-6-8-12(9-7-11)18(29)27-26-17-15(28(30)31)16(23-10-24-17)25-14-5-3-2-4-13(14)19(20,21)22/h2-10H,1H3,(H,27,29)(H2,23,24,25,26). The number of hydrogen-bond donors (Lipinski definition) is 3. The fourth-order valence-corrected chi connectivity index (χ4v) is 2.59. The van der Waals surface area contributed by atoms with Gasteiger partial charge in [-0.3, -0.25) is 25.8 Å². The Morgan fingerprint density at radius 3 is 2.32 bits per heavy atom. The molecule has 1 aromatic heterocycles. The molecule has 1 amide bonds. The Kier molecular flexibility index (Phi) is 6.00. The van der Waals surface area contributed by atoms with Gasteiger partial charge in [0.05, 0.1) is 16.2 Å². The number of aryl methyl sites for hydroxylation is 1. The molecule has 0 bridgehead atoms. The Hall–Kier alpha value is -4.22. The SMILES string of the molecule is Cc1ccc(C(=O)NNc2ncnc(Nc3ccccc3C(F)(F)F)c2[N+](=O)[O-])cc1. The summed E-state index contributed by atoms with van der Waals surface area (Å²) < 4.78 is 39.7. The van der Waals surface area contributed by atoms with Crippen LogP contribution in [0.25, 0.3) is 0 Å². The minimum Gasteiger partial charge on any atom is -0.334 e. The third-order valence-electron chi connectivity index (χ3n) is 4.10. The van der Waals surface area contributed by atoms with E-state index in [1.165, 1.54) is 12.1 Å². The number of benzene rings is 2. The second-order valence-electron chi connectivity index (χ2n) is 6.29. The lowest BCUT2D eigenvalue weighted by atomic mass is 10.1. The van der Waals surface area contributed by atoms with Crippen LogP contribution in [0.5, 0.6) is 0 Å². The van der Waals surface area contributed by atoms with Gasteiger partial charge in [-0.1, -0.05) is 29.8 Å². The van der Waals surface area contributed by atoms with Gasteiger partial charge in [0.2, 0.25) is 11.6 Å². The van der Waals surface area contributed by atoms with Gasteiger partial charge in [0, 0.05) is 5.56 Å². The van der Waals surface area contributed by atoms with Crippen molar-refractivity contribution in [3.63, 3.8) is 0 Å². The van der Waals surface area contributed by atoms with Crippen molar-refractivity contribution in [2.45, 2.75) is 13.1 Å². The lowest BCUT2D eigenvalue weighted by Crippen LogP contribution is -2.30. The van der Waals surface area contributed by atoms with Crippen molar-refractivity contribution in [1.29, 1.82) is 0 Å². The fraction of sp³-hybridized carbons (Fsp3) is 0.105. The third-order valence-corrected chi connectivity index (χ3v) is 4.10. The number of nitrogens with one attached hydrogen (secondary N) is 3. The van der Waals surface area contributed by atoms with E-state index >= 15 is 0 Å². The molecule has 3 rings (SSSR count). The number of para-hydroxylation sites is 1. The lowest BCUT2D eigenvalue weighted by Gasteiger charge is -2.15. The van der Waals surface area contributed by atoms with Crippen LogP contribution in [0.4, 0.5) is 36.2 Å². The van der Waals surface area contributed by atoms with Crippen LogP contribution in [0.15, 0.2) is 54.9 Å². The number of nitrogens with zero attached hydrogens (tertiary/aromatic N) is 3. The quantitative estimate of drug-likeness (QED) is 0.394. The first-order valence-corrected chi connectivity index (χ1v) is 8.72. The van der Waals surface area contributed by atoms with E-state index in [0.717, 1.165) is 24.0 Å². The van der Waals surface area contributed by atoms with Crippen LogP contribution >= 0.6 is 0 Å². The van der Waals surface area contributed by atoms with Gasteiger partial charge >= 0.3 is 11.9 Å². The number of anilines is 3. The van der Waals surface area contributed by atoms with Gasteiger partial charge in [-0.15, -0.1) is 0 Å². The van der Waals surface area contributed by atoms with Gasteiger partial charge in [0.1, 0.15) is 6.33 Å². The summed E-state index contributed by atoms with van der Waals surface area (Å²) in [7, 11) is 0. The summed E-state index contributed by atoms with van der Waals surface area (Å²) in [6.45, 7) is 1.84. The number of hydrogen-bond acceptors (Lipinski definition) is 7. The Morgan fingerprint density at radius 1 is 1.03 bits per heavy atom. The first kappa shape index (κ1) is 21.5. The van der Waals surface area contributed by atoms with E-state index in [2.05, 4.69) is 26.1 Å². The highest BCUT2D eigenvalue weighted by molar-refractivity contribution is 5.95. The molecular formula is C19H15F3N6O3. The molecule has 0 aliphatic rings. The van der Waals surface area contributed by atoms with E-state index in [0.29, 0.717) is 0 Å². The van der Waals surface area contributed by atoms with E-state index in [9.17, 15) is 28.1 Å². The van der Waals surface area contributed by atoms with E-state index in [-0.39, 0.29) is 5.56 Å². The first-order valence-electron chi connectivity index (χ1n) is 8.72. The predicted octanol–water partition coefficient (Wildman–Crippen LogP) is 4.21. The number of nitro groups is 1. The first-order chi connectivity index (χ1) is 14.7. The minimum atomic E-state index is -4.69. The molecule has 3 aromatic rings. The van der Waals surface area contributed by atoms with Gasteiger partial charge in [0.15, 0.2) is 0 Å². The third kappa shape index (κ3) is 5.04. The number of hydrazine groups is 1. The summed E-state index contributed by atoms with van der Waals surface area (Å²) in [6, 6.07) is 11.0. The molecule has 0 aliphatic heterocycles. The van der Waals surface area contributed by atoms with E-state index in [1.54, 1.807) is 24.3 Å². The number of rotatable bonds is 6. The summed E-state index contributed by atoms with van der Waals surface area (Å²) in [5.74, 6) is -1.49. The number of amides is 1. The van der Waals surface area contributed by atoms with Crippen LogP contribution in [0.1, 0.15) is 21.5 Å². The Labute approximate surface area is 173 Å². The molecule has 0 fully saturated rings. The highest BCUT2D eigenvalue weighted by atomic mass is 19.4. The van der Waals surface area contributed by atoms with Crippen LogP contribution in [0, 0.1) is 17.0 Å². The average Bonchev–Trinajstić information content (AvgIpc) is 2.72. The Balaban J connectivity index is 1.88. The summed E-state index contributed by atoms with van der Waals surface area (Å²) in [4.78, 5) is 30.3. The largest absolute Gasteiger partial charge is 0.418 e. The second kappa shape index (κ2) is 8.65. The van der Waals surface area contributed by atoms with Gasteiger partial charge in [-0.25, -0.2) is 9.97 Å². The maximum atomic E-state index is 13.2. The highest BCUT2D eigenvalue weighted by Crippen LogP contribution is 2.38. The van der Waals surface area contributed by atoms with Gasteiger partial charge in [-0.2, -0.15) is 13.2 Å². The zero-order chi connectivity index (χ0) is 22.6. The van der Waals surface area contributed by atoms with Crippen molar-refractivity contribution < 1.29 is 22.9 Å². The zero-order valence-corrected chi connectivity index (χ0v) is 15.9. The molecular weight excluding hydrogens is 417 g/mol. The van der Waals surface area contributed by atoms with E-state index < -0.39 is 45.6 Å². The fourth-order valence-electron chi connectivity index (χ4n) is 2.59. The lowest BCUT2D eigenvalue weighted by molar-refractivity contribution is -0.383. The molecule has 0 atom stereocenters. The minimum absolute atomic E-state index is 0.285. The molecule has 0 aliphatic carbocycles. The van der Waals surface area contributed by atoms with Crippen molar-refractivity contribution in [1.82, 2.24) is 15.4 Å². The van der Waals surface area contributed by atoms with Crippen molar-refractivity contribution in [3.05, 3.63) is 81.7 Å². The molecule has 3 N–H and O–H groups in total. The Bertz CT molecular complexity index is 1120. The molecule has 1 heterocycles. The normalized spacial score (nSPS) is 11.0. The molecule has 160 valence electrons. The molecule has 0 unspecified atom stereocenters. The molecule has 0 radical (unpaired) electrons. The molecule has 0 saturated heterocycles. The second-order valence-corrected chi connectivity index (χ2v) is 6.29. The number of halogens is 3. The summed E-state index contributed by atoms with van der Waals surface area (Å²) in [5.41, 5.74) is 3.62. The number of carbonyl (C=O) groups excluding carboxylic acids is 1. The van der Waals surface area contributed by atoms with E-state index in [4.69, 9.17) is 0 Å². The van der Waals surface area contributed by atoms with Crippen molar-refractivity contribution >= 4 is 28.9 Å². The van der Waals surface area contributed by atoms with Gasteiger partial charge in [0.25, 0.3) is 5.91 Å². The molecule has 12 heteroatoms.